The minimum Gasteiger partial charge on any atom is -0.325 e. The van der Waals surface area contributed by atoms with Gasteiger partial charge in [0.1, 0.15) is 4.90 Å². The number of hydrogen-bond acceptors (Lipinski definition) is 5. The summed E-state index contributed by atoms with van der Waals surface area (Å²) in [6, 6.07) is 3.15. The van der Waals surface area contributed by atoms with Crippen molar-refractivity contribution < 1.29 is 8.42 Å². The summed E-state index contributed by atoms with van der Waals surface area (Å²) >= 11 is 0. The summed E-state index contributed by atoms with van der Waals surface area (Å²) in [5.74, 6) is 0.373. The molecule has 0 aromatic carbocycles. The van der Waals surface area contributed by atoms with E-state index in [-0.39, 0.29) is 11.4 Å². The fourth-order valence-corrected chi connectivity index (χ4v) is 3.63. The summed E-state index contributed by atoms with van der Waals surface area (Å²) in [6.45, 7) is 2.53. The van der Waals surface area contributed by atoms with Crippen LogP contribution in [-0.2, 0) is 16.6 Å². The van der Waals surface area contributed by atoms with Crippen LogP contribution in [0.5, 0.6) is 0 Å². The van der Waals surface area contributed by atoms with Crippen LogP contribution < -0.4 is 10.5 Å². The van der Waals surface area contributed by atoms with Gasteiger partial charge in [0.15, 0.2) is 0 Å². The first-order valence-corrected chi connectivity index (χ1v) is 7.83. The Morgan fingerprint density at radius 2 is 2.37 bits per heavy atom. The van der Waals surface area contributed by atoms with Crippen molar-refractivity contribution in [3.63, 3.8) is 0 Å². The molecule has 6 nitrogen and oxygen atoms in total. The van der Waals surface area contributed by atoms with Gasteiger partial charge in [0, 0.05) is 25.8 Å². The molecule has 2 heterocycles. The maximum atomic E-state index is 12.2. The molecule has 0 spiro atoms. The number of pyridine rings is 1. The van der Waals surface area contributed by atoms with Crippen LogP contribution in [0.3, 0.4) is 0 Å². The molecule has 1 unspecified atom stereocenters. The topological polar surface area (TPSA) is 88.3 Å². The third kappa shape index (κ3) is 3.50. The van der Waals surface area contributed by atoms with Gasteiger partial charge in [-0.05, 0) is 38.1 Å². The van der Waals surface area contributed by atoms with Gasteiger partial charge >= 0.3 is 0 Å². The van der Waals surface area contributed by atoms with Gasteiger partial charge in [-0.25, -0.2) is 13.1 Å². The predicted molar refractivity (Wildman–Crippen MR) is 72.9 cm³/mol. The summed E-state index contributed by atoms with van der Waals surface area (Å²) in [4.78, 5) is 6.39. The van der Waals surface area contributed by atoms with Crippen molar-refractivity contribution in [3.8, 4) is 0 Å². The molecule has 3 N–H and O–H groups in total. The molecule has 0 radical (unpaired) electrons. The molecule has 1 fully saturated rings. The quantitative estimate of drug-likeness (QED) is 0.780. The Balaban J connectivity index is 2.06. The highest BCUT2D eigenvalue weighted by Gasteiger charge is 2.23. The molecule has 106 valence electrons. The number of likely N-dealkylation sites (tertiary alicyclic amines) is 1. The zero-order valence-corrected chi connectivity index (χ0v) is 11.9. The van der Waals surface area contributed by atoms with Crippen molar-refractivity contribution in [2.45, 2.75) is 17.9 Å². The van der Waals surface area contributed by atoms with E-state index in [1.165, 1.54) is 6.07 Å². The number of sulfonamides is 1. The molecule has 1 aliphatic rings. The first-order valence-electron chi connectivity index (χ1n) is 6.35. The van der Waals surface area contributed by atoms with Crippen molar-refractivity contribution in [1.82, 2.24) is 14.6 Å². The molecule has 7 heteroatoms. The van der Waals surface area contributed by atoms with Gasteiger partial charge in [-0.15, -0.1) is 0 Å². The molecule has 1 aliphatic heterocycles. The SMILES string of the molecule is CN1CCC(CNS(=O)(=O)c2cccnc2CN)C1. The Morgan fingerprint density at radius 1 is 1.58 bits per heavy atom. The van der Waals surface area contributed by atoms with Crippen LogP contribution in [0.15, 0.2) is 23.2 Å². The minimum absolute atomic E-state index is 0.114. The first kappa shape index (κ1) is 14.4. The van der Waals surface area contributed by atoms with E-state index in [4.69, 9.17) is 5.73 Å². The summed E-state index contributed by atoms with van der Waals surface area (Å²) in [5.41, 5.74) is 5.92. The Hall–Kier alpha value is -1.02. The zero-order valence-electron chi connectivity index (χ0n) is 11.0. The van der Waals surface area contributed by atoms with E-state index in [1.807, 2.05) is 7.05 Å². The number of nitrogens with two attached hydrogens (primary N) is 1. The van der Waals surface area contributed by atoms with E-state index in [0.29, 0.717) is 18.2 Å². The van der Waals surface area contributed by atoms with Gasteiger partial charge in [-0.1, -0.05) is 0 Å². The van der Waals surface area contributed by atoms with E-state index < -0.39 is 10.0 Å². The lowest BCUT2D eigenvalue weighted by molar-refractivity contribution is 0.394. The second-order valence-electron chi connectivity index (χ2n) is 4.92. The number of hydrogen-bond donors (Lipinski definition) is 2. The fourth-order valence-electron chi connectivity index (χ4n) is 2.32. The predicted octanol–water partition coefficient (Wildman–Crippen LogP) is -0.230. The second-order valence-corrected chi connectivity index (χ2v) is 6.66. The third-order valence-corrected chi connectivity index (χ3v) is 4.88. The summed E-state index contributed by atoms with van der Waals surface area (Å²) in [7, 11) is -1.48. The lowest BCUT2D eigenvalue weighted by Gasteiger charge is -2.13. The normalized spacial score (nSPS) is 20.8. The van der Waals surface area contributed by atoms with Crippen LogP contribution in [0.4, 0.5) is 0 Å². The molecule has 2 rings (SSSR count). The molecule has 0 aliphatic carbocycles. The van der Waals surface area contributed by atoms with Crippen molar-refractivity contribution in [2.24, 2.45) is 11.7 Å². The minimum atomic E-state index is -3.52. The fraction of sp³-hybridized carbons (Fsp3) is 0.583. The average molecular weight is 284 g/mol. The molecule has 1 saturated heterocycles. The van der Waals surface area contributed by atoms with Crippen LogP contribution in [-0.4, -0.2) is 45.0 Å². The number of nitrogens with zero attached hydrogens (tertiary/aromatic N) is 2. The maximum absolute atomic E-state index is 12.2. The van der Waals surface area contributed by atoms with Gasteiger partial charge < -0.3 is 10.6 Å². The molecule has 0 amide bonds. The van der Waals surface area contributed by atoms with Gasteiger partial charge in [0.2, 0.25) is 10.0 Å². The molecular weight excluding hydrogens is 264 g/mol. The Kier molecular flexibility index (Phi) is 4.51. The van der Waals surface area contributed by atoms with Crippen molar-refractivity contribution in [2.75, 3.05) is 26.7 Å². The van der Waals surface area contributed by atoms with Crippen LogP contribution in [0.2, 0.25) is 0 Å². The molecule has 1 aromatic rings. The number of nitrogens with one attached hydrogen (secondary N) is 1. The van der Waals surface area contributed by atoms with E-state index in [9.17, 15) is 8.42 Å². The molecule has 19 heavy (non-hydrogen) atoms. The van der Waals surface area contributed by atoms with Crippen LogP contribution in [0.25, 0.3) is 0 Å². The average Bonchev–Trinajstić information content (AvgIpc) is 2.82. The Bertz CT molecular complexity index is 532. The van der Waals surface area contributed by atoms with Gasteiger partial charge in [-0.3, -0.25) is 4.98 Å². The number of rotatable bonds is 5. The maximum Gasteiger partial charge on any atom is 0.242 e. The lowest BCUT2D eigenvalue weighted by atomic mass is 10.1. The van der Waals surface area contributed by atoms with Crippen LogP contribution in [0, 0.1) is 5.92 Å². The van der Waals surface area contributed by atoms with E-state index in [2.05, 4.69) is 14.6 Å². The van der Waals surface area contributed by atoms with Crippen molar-refractivity contribution >= 4 is 10.0 Å². The van der Waals surface area contributed by atoms with Crippen molar-refractivity contribution in [3.05, 3.63) is 24.0 Å². The monoisotopic (exact) mass is 284 g/mol. The van der Waals surface area contributed by atoms with Crippen LogP contribution in [0.1, 0.15) is 12.1 Å². The largest absolute Gasteiger partial charge is 0.325 e. The zero-order chi connectivity index (χ0) is 13.9. The van der Waals surface area contributed by atoms with Gasteiger partial charge in [0.05, 0.1) is 5.69 Å². The summed E-state index contributed by atoms with van der Waals surface area (Å²) in [5, 5.41) is 0. The smallest absolute Gasteiger partial charge is 0.242 e. The molecule has 1 aromatic heterocycles. The number of aromatic nitrogens is 1. The third-order valence-electron chi connectivity index (χ3n) is 3.38. The van der Waals surface area contributed by atoms with E-state index >= 15 is 0 Å². The standard InChI is InChI=1S/C12H20N4O2S/c1-16-6-4-10(9-16)8-15-19(17,18)12-3-2-5-14-11(12)7-13/h2-3,5,10,15H,4,6-9,13H2,1H3. The first-order chi connectivity index (χ1) is 9.03. The van der Waals surface area contributed by atoms with Gasteiger partial charge in [0.25, 0.3) is 0 Å². The Morgan fingerprint density at radius 3 is 3.00 bits per heavy atom. The highest BCUT2D eigenvalue weighted by Crippen LogP contribution is 2.16. The Labute approximate surface area is 114 Å². The highest BCUT2D eigenvalue weighted by molar-refractivity contribution is 7.89. The summed E-state index contributed by atoms with van der Waals surface area (Å²) < 4.78 is 27.1. The summed E-state index contributed by atoms with van der Waals surface area (Å²) in [6.07, 6.45) is 2.57. The van der Waals surface area contributed by atoms with Crippen molar-refractivity contribution in [1.29, 1.82) is 0 Å². The van der Waals surface area contributed by atoms with E-state index in [1.54, 1.807) is 12.3 Å². The van der Waals surface area contributed by atoms with Crippen LogP contribution >= 0.6 is 0 Å². The van der Waals surface area contributed by atoms with E-state index in [0.717, 1.165) is 19.5 Å². The highest BCUT2D eigenvalue weighted by atomic mass is 32.2. The lowest BCUT2D eigenvalue weighted by Crippen LogP contribution is -2.31. The van der Waals surface area contributed by atoms with Gasteiger partial charge in [-0.2, -0.15) is 0 Å². The molecule has 1 atom stereocenters. The molecule has 0 bridgehead atoms. The molecule has 0 saturated carbocycles. The second kappa shape index (κ2) is 5.96. The molecular formula is C12H20N4O2S.